The molecule has 1 atom stereocenters. The van der Waals surface area contributed by atoms with Crippen LogP contribution < -0.4 is 14.8 Å². The molecule has 8 heteroatoms. The number of carbonyl (C=O) groups excluding carboxylic acids is 2. The Balaban J connectivity index is 1.73. The van der Waals surface area contributed by atoms with Crippen LogP contribution in [0.25, 0.3) is 0 Å². The van der Waals surface area contributed by atoms with Crippen LogP contribution in [0.3, 0.4) is 0 Å². The van der Waals surface area contributed by atoms with Gasteiger partial charge in [-0.05, 0) is 53.9 Å². The molecule has 6 nitrogen and oxygen atoms in total. The fraction of sp³-hybridized carbons (Fsp3) is 0.364. The van der Waals surface area contributed by atoms with E-state index in [1.54, 1.807) is 19.1 Å². The monoisotopic (exact) mass is 448 g/mol. The first kappa shape index (κ1) is 22.3. The third-order valence-electron chi connectivity index (χ3n) is 4.94. The van der Waals surface area contributed by atoms with E-state index in [0.29, 0.717) is 35.4 Å². The average Bonchev–Trinajstić information content (AvgIpc) is 2.75. The second-order valence-electron chi connectivity index (χ2n) is 7.00. The molecule has 1 heterocycles. The summed E-state index contributed by atoms with van der Waals surface area (Å²) in [5.74, 6) is 1.45. The number of hydrogen-bond acceptors (Lipinski definition) is 5. The van der Waals surface area contributed by atoms with Crippen molar-refractivity contribution >= 4 is 35.2 Å². The number of hydrogen-bond donors (Lipinski definition) is 1. The number of thioether (sulfide) groups is 1. The molecule has 2 amide bonds. The van der Waals surface area contributed by atoms with Crippen molar-refractivity contribution in [2.45, 2.75) is 30.8 Å². The first-order valence-corrected chi connectivity index (χ1v) is 11.0. The Kier molecular flexibility index (Phi) is 7.50. The molecule has 0 radical (unpaired) electrons. The van der Waals surface area contributed by atoms with Crippen molar-refractivity contribution < 1.29 is 19.1 Å². The molecule has 160 valence electrons. The number of ether oxygens (including phenoxy) is 2. The lowest BCUT2D eigenvalue weighted by molar-refractivity contribution is -0.136. The van der Waals surface area contributed by atoms with Crippen molar-refractivity contribution in [3.63, 3.8) is 0 Å². The molecular formula is C22H25ClN2O4S. The number of halogens is 1. The van der Waals surface area contributed by atoms with Gasteiger partial charge in [-0.15, -0.1) is 11.8 Å². The molecule has 0 saturated heterocycles. The minimum atomic E-state index is -0.607. The van der Waals surface area contributed by atoms with Gasteiger partial charge in [0.2, 0.25) is 11.8 Å². The Morgan fingerprint density at radius 1 is 1.13 bits per heavy atom. The third kappa shape index (κ3) is 5.40. The topological polar surface area (TPSA) is 67.9 Å². The standard InChI is InChI=1S/C22H25ClN2O4S/c1-14(26)24-19(13-30-18-6-4-17(23)5-7-18)22(27)25-9-8-15-10-20(28-2)21(29-3)11-16(15)12-25/h4-7,10-11,19H,8-9,12-13H2,1-3H3,(H,24,26). The van der Waals surface area contributed by atoms with Crippen LogP contribution in [-0.4, -0.2) is 49.3 Å². The molecule has 1 unspecified atom stereocenters. The Morgan fingerprint density at radius 2 is 1.77 bits per heavy atom. The Morgan fingerprint density at radius 3 is 2.37 bits per heavy atom. The Bertz CT molecular complexity index is 920. The summed E-state index contributed by atoms with van der Waals surface area (Å²) in [5.41, 5.74) is 2.17. The van der Waals surface area contributed by atoms with Crippen LogP contribution in [0.15, 0.2) is 41.3 Å². The van der Waals surface area contributed by atoms with Crippen LogP contribution in [0.5, 0.6) is 11.5 Å². The lowest BCUT2D eigenvalue weighted by Gasteiger charge is -2.32. The first-order valence-electron chi connectivity index (χ1n) is 9.59. The molecule has 2 aromatic carbocycles. The minimum absolute atomic E-state index is 0.0906. The van der Waals surface area contributed by atoms with Crippen molar-refractivity contribution in [1.29, 1.82) is 0 Å². The van der Waals surface area contributed by atoms with E-state index in [4.69, 9.17) is 21.1 Å². The van der Waals surface area contributed by atoms with Gasteiger partial charge < -0.3 is 19.7 Å². The second-order valence-corrected chi connectivity index (χ2v) is 8.53. The highest BCUT2D eigenvalue weighted by atomic mass is 35.5. The zero-order valence-corrected chi connectivity index (χ0v) is 18.8. The Hall–Kier alpha value is -2.38. The molecule has 1 aliphatic rings. The highest BCUT2D eigenvalue weighted by molar-refractivity contribution is 7.99. The highest BCUT2D eigenvalue weighted by Crippen LogP contribution is 2.33. The molecule has 0 saturated carbocycles. The lowest BCUT2D eigenvalue weighted by atomic mass is 9.98. The average molecular weight is 449 g/mol. The maximum absolute atomic E-state index is 13.2. The van der Waals surface area contributed by atoms with Crippen LogP contribution in [0.1, 0.15) is 18.1 Å². The summed E-state index contributed by atoms with van der Waals surface area (Å²) in [6.07, 6.45) is 0.721. The van der Waals surface area contributed by atoms with Gasteiger partial charge in [-0.3, -0.25) is 9.59 Å². The molecule has 0 spiro atoms. The second kappa shape index (κ2) is 10.1. The van der Waals surface area contributed by atoms with Gasteiger partial charge in [0.05, 0.1) is 14.2 Å². The van der Waals surface area contributed by atoms with Crippen LogP contribution >= 0.6 is 23.4 Å². The maximum atomic E-state index is 13.2. The van der Waals surface area contributed by atoms with Crippen molar-refractivity contribution in [2.24, 2.45) is 0 Å². The normalized spacial score (nSPS) is 13.9. The van der Waals surface area contributed by atoms with E-state index in [1.165, 1.54) is 18.7 Å². The first-order chi connectivity index (χ1) is 14.4. The van der Waals surface area contributed by atoms with E-state index in [-0.39, 0.29) is 11.8 Å². The molecule has 30 heavy (non-hydrogen) atoms. The summed E-state index contributed by atoms with van der Waals surface area (Å²) >= 11 is 7.44. The van der Waals surface area contributed by atoms with E-state index in [9.17, 15) is 9.59 Å². The van der Waals surface area contributed by atoms with Crippen LogP contribution in [-0.2, 0) is 22.6 Å². The van der Waals surface area contributed by atoms with Crippen molar-refractivity contribution in [2.75, 3.05) is 26.5 Å². The summed E-state index contributed by atoms with van der Waals surface area (Å²) < 4.78 is 10.8. The molecule has 0 bridgehead atoms. The van der Waals surface area contributed by atoms with E-state index >= 15 is 0 Å². The van der Waals surface area contributed by atoms with Gasteiger partial charge in [-0.25, -0.2) is 0 Å². The number of carbonyl (C=O) groups is 2. The van der Waals surface area contributed by atoms with Crippen molar-refractivity contribution in [1.82, 2.24) is 10.2 Å². The van der Waals surface area contributed by atoms with Crippen LogP contribution in [0.4, 0.5) is 0 Å². The quantitative estimate of drug-likeness (QED) is 0.656. The number of rotatable bonds is 7. The minimum Gasteiger partial charge on any atom is -0.493 e. The predicted molar refractivity (Wildman–Crippen MR) is 118 cm³/mol. The number of methoxy groups -OCH3 is 2. The number of nitrogens with zero attached hydrogens (tertiary/aromatic N) is 1. The van der Waals surface area contributed by atoms with Gasteiger partial charge in [0.15, 0.2) is 11.5 Å². The van der Waals surface area contributed by atoms with Gasteiger partial charge >= 0.3 is 0 Å². The lowest BCUT2D eigenvalue weighted by Crippen LogP contribution is -2.50. The number of nitrogens with one attached hydrogen (secondary N) is 1. The molecular weight excluding hydrogens is 424 g/mol. The van der Waals surface area contributed by atoms with Crippen molar-refractivity contribution in [3.05, 3.63) is 52.5 Å². The van der Waals surface area contributed by atoms with Crippen LogP contribution in [0, 0.1) is 0 Å². The summed E-state index contributed by atoms with van der Waals surface area (Å²) in [6.45, 7) is 2.48. The van der Waals surface area contributed by atoms with Gasteiger partial charge in [0.1, 0.15) is 6.04 Å². The Labute approximate surface area is 185 Å². The maximum Gasteiger partial charge on any atom is 0.246 e. The van der Waals surface area contributed by atoms with E-state index in [2.05, 4.69) is 5.32 Å². The van der Waals surface area contributed by atoms with Crippen LogP contribution in [0.2, 0.25) is 5.02 Å². The van der Waals surface area contributed by atoms with E-state index in [1.807, 2.05) is 36.4 Å². The fourth-order valence-electron chi connectivity index (χ4n) is 3.42. The van der Waals surface area contributed by atoms with E-state index < -0.39 is 6.04 Å². The summed E-state index contributed by atoms with van der Waals surface area (Å²) in [7, 11) is 3.20. The number of benzene rings is 2. The van der Waals surface area contributed by atoms with Gasteiger partial charge in [-0.2, -0.15) is 0 Å². The number of fused-ring (bicyclic) bond motifs is 1. The summed E-state index contributed by atoms with van der Waals surface area (Å²) in [5, 5.41) is 3.46. The molecule has 0 aliphatic carbocycles. The van der Waals surface area contributed by atoms with Crippen molar-refractivity contribution in [3.8, 4) is 11.5 Å². The molecule has 1 N–H and O–H groups in total. The smallest absolute Gasteiger partial charge is 0.246 e. The summed E-state index contributed by atoms with van der Waals surface area (Å²) in [6, 6.07) is 10.7. The van der Waals surface area contributed by atoms with E-state index in [0.717, 1.165) is 22.4 Å². The zero-order chi connectivity index (χ0) is 21.7. The SMILES string of the molecule is COc1cc2c(cc1OC)CN(C(=O)C(CSc1ccc(Cl)cc1)NC(C)=O)CC2. The molecule has 3 rings (SSSR count). The molecule has 1 aliphatic heterocycles. The van der Waals surface area contributed by atoms with Gasteiger partial charge in [-0.1, -0.05) is 11.6 Å². The predicted octanol–water partition coefficient (Wildman–Crippen LogP) is 3.54. The highest BCUT2D eigenvalue weighted by Gasteiger charge is 2.29. The summed E-state index contributed by atoms with van der Waals surface area (Å²) in [4.78, 5) is 27.7. The largest absolute Gasteiger partial charge is 0.493 e. The fourth-order valence-corrected chi connectivity index (χ4v) is 4.46. The number of amides is 2. The molecule has 0 fully saturated rings. The van der Waals surface area contributed by atoms with Gasteiger partial charge in [0, 0.05) is 35.7 Å². The molecule has 0 aromatic heterocycles. The third-order valence-corrected chi connectivity index (χ3v) is 6.29. The zero-order valence-electron chi connectivity index (χ0n) is 17.2. The van der Waals surface area contributed by atoms with Gasteiger partial charge in [0.25, 0.3) is 0 Å². The molecule has 2 aromatic rings.